The third-order valence-electron chi connectivity index (χ3n) is 3.52. The normalized spacial score (nSPS) is 15.1. The van der Waals surface area contributed by atoms with Crippen LogP contribution in [0.25, 0.3) is 0 Å². The second kappa shape index (κ2) is 8.23. The van der Waals surface area contributed by atoms with Crippen LogP contribution in [0.2, 0.25) is 0 Å². The topological polar surface area (TPSA) is 79.6 Å². The first-order valence-electron chi connectivity index (χ1n) is 7.41. The van der Waals surface area contributed by atoms with Crippen molar-refractivity contribution in [1.82, 2.24) is 0 Å². The highest BCUT2D eigenvalue weighted by molar-refractivity contribution is 5.70. The Labute approximate surface area is 128 Å². The molecule has 0 saturated carbocycles. The van der Waals surface area contributed by atoms with Gasteiger partial charge >= 0.3 is 12.2 Å². The molecule has 5 nitrogen and oxygen atoms in total. The van der Waals surface area contributed by atoms with Crippen molar-refractivity contribution >= 4 is 5.97 Å². The first-order chi connectivity index (χ1) is 9.47. The maximum Gasteiger partial charge on any atom is 0.324 e. The third-order valence-corrected chi connectivity index (χ3v) is 3.52. The van der Waals surface area contributed by atoms with Gasteiger partial charge in [0.1, 0.15) is 6.10 Å². The summed E-state index contributed by atoms with van der Waals surface area (Å²) in [5.41, 5.74) is -0.152. The molecule has 122 valence electrons. The molecule has 0 heterocycles. The number of carboxylic acid groups (broad SMARTS) is 1. The Balaban J connectivity index is 4.66. The summed E-state index contributed by atoms with van der Waals surface area (Å²) in [6, 6.07) is 0. The van der Waals surface area contributed by atoms with Crippen LogP contribution in [-0.4, -0.2) is 17.2 Å². The van der Waals surface area contributed by atoms with Gasteiger partial charge in [-0.1, -0.05) is 48.0 Å². The van der Waals surface area contributed by atoms with Crippen LogP contribution >= 0.6 is 0 Å². The van der Waals surface area contributed by atoms with Crippen molar-refractivity contribution in [3.05, 3.63) is 0 Å². The van der Waals surface area contributed by atoms with Gasteiger partial charge in [-0.15, -0.1) is 5.26 Å². The Morgan fingerprint density at radius 2 is 1.81 bits per heavy atom. The zero-order valence-corrected chi connectivity index (χ0v) is 14.1. The average Bonchev–Trinajstić information content (AvgIpc) is 2.28. The van der Waals surface area contributed by atoms with Crippen molar-refractivity contribution in [2.45, 2.75) is 73.3 Å². The van der Waals surface area contributed by atoms with E-state index in [1.165, 1.54) is 6.26 Å². The smallest absolute Gasteiger partial charge is 0.324 e. The van der Waals surface area contributed by atoms with E-state index in [2.05, 4.69) is 25.7 Å². The summed E-state index contributed by atoms with van der Waals surface area (Å²) >= 11 is 0. The van der Waals surface area contributed by atoms with Crippen molar-refractivity contribution in [1.29, 1.82) is 5.26 Å². The molecule has 0 amide bonds. The van der Waals surface area contributed by atoms with Crippen molar-refractivity contribution in [3.63, 3.8) is 0 Å². The van der Waals surface area contributed by atoms with E-state index >= 15 is 0 Å². The van der Waals surface area contributed by atoms with Crippen LogP contribution in [0.4, 0.5) is 0 Å². The fourth-order valence-corrected chi connectivity index (χ4v) is 2.24. The minimum Gasteiger partial charge on any atom is -0.481 e. The molecule has 0 spiro atoms. The minimum atomic E-state index is -0.844. The van der Waals surface area contributed by atoms with E-state index < -0.39 is 11.9 Å². The number of nitriles is 1. The number of carboxylic acids is 1. The third kappa shape index (κ3) is 9.30. The molecule has 0 bridgehead atoms. The van der Waals surface area contributed by atoms with Crippen LogP contribution in [0.15, 0.2) is 0 Å². The van der Waals surface area contributed by atoms with E-state index in [1.807, 2.05) is 20.8 Å². The summed E-state index contributed by atoms with van der Waals surface area (Å²) in [5.74, 6) is -1.39. The second-order valence-corrected chi connectivity index (χ2v) is 7.84. The minimum absolute atomic E-state index is 0.219. The van der Waals surface area contributed by atoms with Gasteiger partial charge in [0.2, 0.25) is 0 Å². The Morgan fingerprint density at radius 3 is 2.19 bits per heavy atom. The Kier molecular flexibility index (Phi) is 7.73. The Morgan fingerprint density at radius 1 is 1.24 bits per heavy atom. The lowest BCUT2D eigenvalue weighted by molar-refractivity contribution is -0.280. The van der Waals surface area contributed by atoms with E-state index in [4.69, 9.17) is 10.1 Å². The molecule has 2 unspecified atom stereocenters. The summed E-state index contributed by atoms with van der Waals surface area (Å²) in [5, 5.41) is 17.8. The van der Waals surface area contributed by atoms with Gasteiger partial charge in [0.15, 0.2) is 0 Å². The molecule has 0 radical (unpaired) electrons. The van der Waals surface area contributed by atoms with Gasteiger partial charge in [-0.3, -0.25) is 9.68 Å². The largest absolute Gasteiger partial charge is 0.481 e. The fourth-order valence-electron chi connectivity index (χ4n) is 2.24. The molecule has 21 heavy (non-hydrogen) atoms. The summed E-state index contributed by atoms with van der Waals surface area (Å²) < 4.78 is 0. The van der Waals surface area contributed by atoms with Crippen molar-refractivity contribution in [2.75, 3.05) is 0 Å². The molecule has 1 N–H and O–H groups in total. The van der Waals surface area contributed by atoms with Gasteiger partial charge in [-0.05, 0) is 30.1 Å². The lowest BCUT2D eigenvalue weighted by Gasteiger charge is -2.29. The Bertz CT molecular complexity index is 360. The molecule has 5 heteroatoms. The van der Waals surface area contributed by atoms with Gasteiger partial charge in [-0.25, -0.2) is 0 Å². The predicted molar refractivity (Wildman–Crippen MR) is 80.1 cm³/mol. The first kappa shape index (κ1) is 19.7. The van der Waals surface area contributed by atoms with Crippen molar-refractivity contribution < 1.29 is 19.7 Å². The molecule has 0 aromatic carbocycles. The van der Waals surface area contributed by atoms with Gasteiger partial charge in [0, 0.05) is 0 Å². The molecule has 2 atom stereocenters. The van der Waals surface area contributed by atoms with E-state index in [0.29, 0.717) is 12.8 Å². The number of hydrogen-bond donors (Lipinski definition) is 1. The standard InChI is InChI=1S/C16H29NO4/c1-15(2,3)9-7-8-12(21-20-11-17)10-13(14(18)19)16(4,5)6/h12-13H,7-10H2,1-6H3,(H,18,19). The molecular weight excluding hydrogens is 270 g/mol. The maximum atomic E-state index is 11.4. The quantitative estimate of drug-likeness (QED) is 0.414. The molecule has 0 aromatic rings. The van der Waals surface area contributed by atoms with Crippen LogP contribution < -0.4 is 0 Å². The monoisotopic (exact) mass is 299 g/mol. The number of carbonyl (C=O) groups is 1. The van der Waals surface area contributed by atoms with Crippen LogP contribution in [0.1, 0.15) is 67.2 Å². The van der Waals surface area contributed by atoms with E-state index in [1.54, 1.807) is 0 Å². The average molecular weight is 299 g/mol. The molecule has 0 aliphatic carbocycles. The summed E-state index contributed by atoms with van der Waals surface area (Å²) in [4.78, 5) is 20.9. The van der Waals surface area contributed by atoms with E-state index in [9.17, 15) is 9.90 Å². The summed E-state index contributed by atoms with van der Waals surface area (Å²) in [7, 11) is 0. The fraction of sp³-hybridized carbons (Fsp3) is 0.875. The number of nitrogens with zero attached hydrogens (tertiary/aromatic N) is 1. The van der Waals surface area contributed by atoms with Crippen LogP contribution in [0.3, 0.4) is 0 Å². The molecule has 0 saturated heterocycles. The summed E-state index contributed by atoms with van der Waals surface area (Å²) in [6.07, 6.45) is 4.02. The highest BCUT2D eigenvalue weighted by Gasteiger charge is 2.34. The first-order valence-corrected chi connectivity index (χ1v) is 7.41. The van der Waals surface area contributed by atoms with Crippen LogP contribution in [0.5, 0.6) is 0 Å². The number of hydrogen-bond acceptors (Lipinski definition) is 4. The maximum absolute atomic E-state index is 11.4. The Hall–Kier alpha value is -1.28. The highest BCUT2D eigenvalue weighted by atomic mass is 17.2. The van der Waals surface area contributed by atoms with E-state index in [-0.39, 0.29) is 16.9 Å². The van der Waals surface area contributed by atoms with Crippen molar-refractivity contribution in [3.8, 4) is 6.26 Å². The van der Waals surface area contributed by atoms with Gasteiger partial charge in [0.25, 0.3) is 0 Å². The van der Waals surface area contributed by atoms with Crippen LogP contribution in [-0.2, 0) is 14.6 Å². The van der Waals surface area contributed by atoms with Gasteiger partial charge in [-0.2, -0.15) is 4.89 Å². The zero-order valence-electron chi connectivity index (χ0n) is 14.1. The number of rotatable bonds is 8. The zero-order chi connectivity index (χ0) is 16.7. The lowest BCUT2D eigenvalue weighted by Crippen LogP contribution is -2.32. The van der Waals surface area contributed by atoms with Crippen LogP contribution in [0, 0.1) is 28.3 Å². The van der Waals surface area contributed by atoms with Gasteiger partial charge in [0.05, 0.1) is 5.92 Å². The highest BCUT2D eigenvalue weighted by Crippen LogP contribution is 2.32. The molecule has 0 aromatic heterocycles. The summed E-state index contributed by atoms with van der Waals surface area (Å²) in [6.45, 7) is 12.1. The molecule has 0 aliphatic rings. The van der Waals surface area contributed by atoms with E-state index in [0.717, 1.165) is 12.8 Å². The lowest BCUT2D eigenvalue weighted by atomic mass is 9.77. The van der Waals surface area contributed by atoms with Gasteiger partial charge < -0.3 is 5.11 Å². The molecular formula is C16H29NO4. The molecule has 0 fully saturated rings. The number of aliphatic carboxylic acids is 1. The molecule has 0 aliphatic heterocycles. The predicted octanol–water partition coefficient (Wildman–Crippen LogP) is 4.14. The SMILES string of the molecule is CC(C)(C)CCCC(CC(C(=O)O)C(C)(C)C)OOC#N. The second-order valence-electron chi connectivity index (χ2n) is 7.84. The molecule has 0 rings (SSSR count). The van der Waals surface area contributed by atoms with Crippen molar-refractivity contribution in [2.24, 2.45) is 16.7 Å².